The first kappa shape index (κ1) is 23.6. The number of hydrogen-bond donors (Lipinski definition) is 1. The number of thiophene rings is 1. The number of nitrogens with zero attached hydrogens (tertiary/aromatic N) is 2. The number of carbonyl (C=O) groups is 2. The lowest BCUT2D eigenvalue weighted by Gasteiger charge is -2.11. The molecular formula is C26H23N3O6S. The van der Waals surface area contributed by atoms with Crippen molar-refractivity contribution in [1.29, 1.82) is 0 Å². The molecule has 184 valence electrons. The first-order chi connectivity index (χ1) is 17.4. The molecule has 0 unspecified atom stereocenters. The summed E-state index contributed by atoms with van der Waals surface area (Å²) in [6.45, 7) is 6.09. The number of carbonyl (C=O) groups excluding carboxylic acids is 2. The summed E-state index contributed by atoms with van der Waals surface area (Å²) in [6, 6.07) is 12.2. The molecule has 1 aliphatic heterocycles. The molecule has 4 aromatic rings. The molecule has 2 aromatic carbocycles. The Kier molecular flexibility index (Phi) is 6.19. The second-order valence-electron chi connectivity index (χ2n) is 8.41. The van der Waals surface area contributed by atoms with Crippen LogP contribution in [0.15, 0.2) is 52.6 Å². The van der Waals surface area contributed by atoms with Crippen molar-refractivity contribution in [2.24, 2.45) is 0 Å². The molecule has 0 bridgehead atoms. The van der Waals surface area contributed by atoms with Gasteiger partial charge in [-0.1, -0.05) is 26.0 Å². The fourth-order valence-corrected chi connectivity index (χ4v) is 4.81. The Labute approximate surface area is 210 Å². The molecule has 0 aliphatic carbocycles. The average molecular weight is 506 g/mol. The number of fused-ring (bicyclic) bond motifs is 2. The van der Waals surface area contributed by atoms with Crippen molar-refractivity contribution in [2.45, 2.75) is 26.7 Å². The Morgan fingerprint density at radius 2 is 1.89 bits per heavy atom. The lowest BCUT2D eigenvalue weighted by atomic mass is 10.0. The van der Waals surface area contributed by atoms with Gasteiger partial charge in [-0.3, -0.25) is 9.59 Å². The average Bonchev–Trinajstić information content (AvgIpc) is 3.51. The molecule has 0 saturated carbocycles. The predicted octanol–water partition coefficient (Wildman–Crippen LogP) is 4.73. The molecule has 10 heteroatoms. The molecule has 5 rings (SSSR count). The first-order valence-corrected chi connectivity index (χ1v) is 12.3. The van der Waals surface area contributed by atoms with E-state index in [2.05, 4.69) is 24.3 Å². The minimum atomic E-state index is -0.651. The van der Waals surface area contributed by atoms with Crippen LogP contribution in [0.25, 0.3) is 16.5 Å². The van der Waals surface area contributed by atoms with Crippen LogP contribution < -0.4 is 20.3 Å². The minimum absolute atomic E-state index is 0.000727. The highest BCUT2D eigenvalue weighted by Crippen LogP contribution is 2.34. The molecule has 36 heavy (non-hydrogen) atoms. The molecule has 3 heterocycles. The van der Waals surface area contributed by atoms with E-state index in [0.717, 1.165) is 16.9 Å². The third kappa shape index (κ3) is 4.20. The Balaban J connectivity index is 1.60. The van der Waals surface area contributed by atoms with Gasteiger partial charge in [-0.2, -0.15) is 9.78 Å². The molecule has 9 nitrogen and oxygen atoms in total. The first-order valence-electron chi connectivity index (χ1n) is 11.4. The van der Waals surface area contributed by atoms with Crippen molar-refractivity contribution in [3.63, 3.8) is 0 Å². The van der Waals surface area contributed by atoms with Gasteiger partial charge in [0.25, 0.3) is 11.5 Å². The fourth-order valence-electron chi connectivity index (χ4n) is 3.88. The van der Waals surface area contributed by atoms with Gasteiger partial charge in [0.15, 0.2) is 17.2 Å². The van der Waals surface area contributed by atoms with Crippen LogP contribution in [0.4, 0.5) is 5.00 Å². The van der Waals surface area contributed by atoms with Crippen LogP contribution >= 0.6 is 11.3 Å². The quantitative estimate of drug-likeness (QED) is 0.378. The third-order valence-corrected chi connectivity index (χ3v) is 6.68. The summed E-state index contributed by atoms with van der Waals surface area (Å²) in [5, 5.41) is 9.58. The molecular weight excluding hydrogens is 482 g/mol. The highest BCUT2D eigenvalue weighted by molar-refractivity contribution is 7.16. The Morgan fingerprint density at radius 1 is 1.14 bits per heavy atom. The van der Waals surface area contributed by atoms with Crippen molar-refractivity contribution < 1.29 is 23.8 Å². The summed E-state index contributed by atoms with van der Waals surface area (Å²) in [5.41, 5.74) is 1.48. The van der Waals surface area contributed by atoms with Crippen molar-refractivity contribution in [2.75, 3.05) is 18.7 Å². The van der Waals surface area contributed by atoms with E-state index in [1.165, 1.54) is 4.68 Å². The number of nitrogens with one attached hydrogen (secondary N) is 1. The lowest BCUT2D eigenvalue weighted by Crippen LogP contribution is -2.25. The van der Waals surface area contributed by atoms with Crippen molar-refractivity contribution in [1.82, 2.24) is 9.78 Å². The SMILES string of the molecule is CCOC(=O)c1nn(-c2ccc(C(C)C)cc2)c(=O)c2c(NC(=O)c3ccc4c(c3)OCO4)scc12. The second-order valence-corrected chi connectivity index (χ2v) is 9.29. The van der Waals surface area contributed by atoms with Gasteiger partial charge in [0, 0.05) is 16.3 Å². The largest absolute Gasteiger partial charge is 0.461 e. The summed E-state index contributed by atoms with van der Waals surface area (Å²) in [7, 11) is 0. The number of hydrogen-bond acceptors (Lipinski definition) is 8. The van der Waals surface area contributed by atoms with Gasteiger partial charge in [-0.05, 0) is 48.7 Å². The van der Waals surface area contributed by atoms with E-state index in [-0.39, 0.29) is 24.5 Å². The maximum atomic E-state index is 13.6. The number of aromatic nitrogens is 2. The van der Waals surface area contributed by atoms with Gasteiger partial charge < -0.3 is 19.5 Å². The van der Waals surface area contributed by atoms with E-state index < -0.39 is 17.4 Å². The summed E-state index contributed by atoms with van der Waals surface area (Å²) in [4.78, 5) is 39.4. The van der Waals surface area contributed by atoms with Crippen LogP contribution in [0.3, 0.4) is 0 Å². The standard InChI is InChI=1S/C26H23N3O6S/c1-4-33-26(32)22-18-12-36-24(27-23(30)16-7-10-19-20(11-16)35-13-34-19)21(18)25(31)29(28-22)17-8-5-15(6-9-17)14(2)3/h5-12,14H,4,13H2,1-3H3,(H,27,30). The zero-order valence-electron chi connectivity index (χ0n) is 19.9. The molecule has 0 radical (unpaired) electrons. The number of ether oxygens (including phenoxy) is 3. The normalized spacial score (nSPS) is 12.2. The smallest absolute Gasteiger partial charge is 0.359 e. The van der Waals surface area contributed by atoms with Gasteiger partial charge >= 0.3 is 5.97 Å². The number of anilines is 1. The van der Waals surface area contributed by atoms with Crippen molar-refractivity contribution in [3.05, 3.63) is 75.0 Å². The lowest BCUT2D eigenvalue weighted by molar-refractivity contribution is 0.0520. The molecule has 0 atom stereocenters. The fraction of sp³-hybridized carbons (Fsp3) is 0.231. The highest BCUT2D eigenvalue weighted by Gasteiger charge is 2.24. The molecule has 1 aliphatic rings. The van der Waals surface area contributed by atoms with Crippen LogP contribution in [-0.4, -0.2) is 35.1 Å². The number of esters is 1. The Morgan fingerprint density at radius 3 is 2.61 bits per heavy atom. The monoisotopic (exact) mass is 505 g/mol. The predicted molar refractivity (Wildman–Crippen MR) is 136 cm³/mol. The van der Waals surface area contributed by atoms with E-state index in [4.69, 9.17) is 14.2 Å². The highest BCUT2D eigenvalue weighted by atomic mass is 32.1. The van der Waals surface area contributed by atoms with Gasteiger partial charge in [0.05, 0.1) is 17.7 Å². The van der Waals surface area contributed by atoms with Crippen LogP contribution in [0, 0.1) is 0 Å². The summed E-state index contributed by atoms with van der Waals surface area (Å²) in [5.74, 6) is 0.265. The minimum Gasteiger partial charge on any atom is -0.461 e. The van der Waals surface area contributed by atoms with Gasteiger partial charge in [0.1, 0.15) is 5.00 Å². The number of amides is 1. The second kappa shape index (κ2) is 9.46. The van der Waals surface area contributed by atoms with Gasteiger partial charge in [-0.15, -0.1) is 11.3 Å². The zero-order valence-corrected chi connectivity index (χ0v) is 20.7. The summed E-state index contributed by atoms with van der Waals surface area (Å²) in [6.07, 6.45) is 0. The molecule has 0 spiro atoms. The van der Waals surface area contributed by atoms with Gasteiger partial charge in [-0.25, -0.2) is 4.79 Å². The number of benzene rings is 2. The van der Waals surface area contributed by atoms with Crippen molar-refractivity contribution >= 4 is 39.0 Å². The van der Waals surface area contributed by atoms with Crippen LogP contribution in [0.5, 0.6) is 11.5 Å². The van der Waals surface area contributed by atoms with Gasteiger partial charge in [0.2, 0.25) is 6.79 Å². The Bertz CT molecular complexity index is 1540. The van der Waals surface area contributed by atoms with Crippen LogP contribution in [0.2, 0.25) is 0 Å². The third-order valence-electron chi connectivity index (χ3n) is 5.79. The topological polar surface area (TPSA) is 109 Å². The molecule has 1 N–H and O–H groups in total. The van der Waals surface area contributed by atoms with E-state index >= 15 is 0 Å². The molecule has 1 amide bonds. The molecule has 2 aromatic heterocycles. The molecule has 0 saturated heterocycles. The molecule has 0 fully saturated rings. The van der Waals surface area contributed by atoms with Crippen molar-refractivity contribution in [3.8, 4) is 17.2 Å². The van der Waals surface area contributed by atoms with E-state index in [1.54, 1.807) is 42.6 Å². The van der Waals surface area contributed by atoms with Crippen LogP contribution in [-0.2, 0) is 4.74 Å². The van der Waals surface area contributed by atoms with E-state index in [1.807, 2.05) is 12.1 Å². The summed E-state index contributed by atoms with van der Waals surface area (Å²) < 4.78 is 17.0. The van der Waals surface area contributed by atoms with E-state index in [9.17, 15) is 14.4 Å². The maximum Gasteiger partial charge on any atom is 0.359 e. The Hall–Kier alpha value is -4.18. The number of rotatable bonds is 6. The summed E-state index contributed by atoms with van der Waals surface area (Å²) >= 11 is 1.14. The van der Waals surface area contributed by atoms with Crippen LogP contribution in [0.1, 0.15) is 53.1 Å². The van der Waals surface area contributed by atoms with E-state index in [0.29, 0.717) is 39.1 Å². The maximum absolute atomic E-state index is 13.6. The zero-order chi connectivity index (χ0) is 25.4.